The van der Waals surface area contributed by atoms with Gasteiger partial charge in [0.15, 0.2) is 0 Å². The molecule has 0 spiro atoms. The third-order valence-electron chi connectivity index (χ3n) is 3.50. The van der Waals surface area contributed by atoms with Crippen molar-refractivity contribution in [2.75, 3.05) is 0 Å². The second-order valence-electron chi connectivity index (χ2n) is 5.72. The second kappa shape index (κ2) is 6.52. The van der Waals surface area contributed by atoms with Crippen LogP contribution in [0.4, 0.5) is 0 Å². The summed E-state index contributed by atoms with van der Waals surface area (Å²) in [7, 11) is -3.64. The van der Waals surface area contributed by atoms with Crippen LogP contribution in [0.1, 0.15) is 29.4 Å². The number of benzene rings is 1. The normalized spacial score (nSPS) is 12.8. The molecule has 1 N–H and O–H groups in total. The SMILES string of the molecule is Cc1cc(C)n(C[C@H](C)NS(=O)(=O)c2ccc(C#N)cc2C)n1. The topological polar surface area (TPSA) is 87.8 Å². The zero-order valence-corrected chi connectivity index (χ0v) is 14.5. The van der Waals surface area contributed by atoms with E-state index >= 15 is 0 Å². The minimum atomic E-state index is -3.64. The van der Waals surface area contributed by atoms with Crippen LogP contribution in [0.5, 0.6) is 0 Å². The van der Waals surface area contributed by atoms with E-state index in [0.717, 1.165) is 11.4 Å². The van der Waals surface area contributed by atoms with Crippen LogP contribution in [-0.4, -0.2) is 24.2 Å². The highest BCUT2D eigenvalue weighted by Crippen LogP contribution is 2.17. The Kier molecular flexibility index (Phi) is 4.88. The van der Waals surface area contributed by atoms with Crippen LogP contribution in [-0.2, 0) is 16.6 Å². The minimum absolute atomic E-state index is 0.191. The molecule has 23 heavy (non-hydrogen) atoms. The Bertz CT molecular complexity index is 863. The van der Waals surface area contributed by atoms with E-state index in [-0.39, 0.29) is 10.9 Å². The van der Waals surface area contributed by atoms with Crippen molar-refractivity contribution in [3.63, 3.8) is 0 Å². The number of nitrogens with zero attached hydrogens (tertiary/aromatic N) is 3. The van der Waals surface area contributed by atoms with Gasteiger partial charge in [-0.1, -0.05) is 0 Å². The minimum Gasteiger partial charge on any atom is -0.268 e. The lowest BCUT2D eigenvalue weighted by molar-refractivity contribution is 0.485. The molecule has 122 valence electrons. The highest BCUT2D eigenvalue weighted by Gasteiger charge is 2.20. The summed E-state index contributed by atoms with van der Waals surface area (Å²) in [4.78, 5) is 0.191. The smallest absolute Gasteiger partial charge is 0.241 e. The van der Waals surface area contributed by atoms with Gasteiger partial charge in [-0.25, -0.2) is 13.1 Å². The Hall–Kier alpha value is -2.17. The fourth-order valence-electron chi connectivity index (χ4n) is 2.51. The predicted molar refractivity (Wildman–Crippen MR) is 87.4 cm³/mol. The summed E-state index contributed by atoms with van der Waals surface area (Å²) in [5, 5.41) is 13.2. The maximum absolute atomic E-state index is 12.5. The number of aromatic nitrogens is 2. The summed E-state index contributed by atoms with van der Waals surface area (Å²) in [6.07, 6.45) is 0. The summed E-state index contributed by atoms with van der Waals surface area (Å²) in [5.74, 6) is 0. The van der Waals surface area contributed by atoms with Crippen LogP contribution in [0, 0.1) is 32.1 Å². The van der Waals surface area contributed by atoms with Gasteiger partial charge in [0, 0.05) is 11.7 Å². The van der Waals surface area contributed by atoms with E-state index in [2.05, 4.69) is 9.82 Å². The zero-order chi connectivity index (χ0) is 17.2. The first-order valence-corrected chi connectivity index (χ1v) is 8.75. The van der Waals surface area contributed by atoms with E-state index in [1.165, 1.54) is 12.1 Å². The van der Waals surface area contributed by atoms with E-state index in [1.54, 1.807) is 24.6 Å². The largest absolute Gasteiger partial charge is 0.268 e. The van der Waals surface area contributed by atoms with Gasteiger partial charge in [0.1, 0.15) is 0 Å². The van der Waals surface area contributed by atoms with Crippen LogP contribution < -0.4 is 4.72 Å². The maximum Gasteiger partial charge on any atom is 0.241 e. The van der Waals surface area contributed by atoms with Gasteiger partial charge in [-0.05, 0) is 57.5 Å². The summed E-state index contributed by atoms with van der Waals surface area (Å²) in [5.41, 5.74) is 2.88. The molecule has 0 aliphatic rings. The van der Waals surface area contributed by atoms with E-state index in [0.29, 0.717) is 17.7 Å². The van der Waals surface area contributed by atoms with Crippen LogP contribution in [0.25, 0.3) is 0 Å². The highest BCUT2D eigenvalue weighted by atomic mass is 32.2. The van der Waals surface area contributed by atoms with Crippen LogP contribution in [0.2, 0.25) is 0 Å². The standard InChI is InChI=1S/C16H20N4O2S/c1-11-7-15(9-17)5-6-16(11)23(21,22)19-13(3)10-20-14(4)8-12(2)18-20/h5-8,13,19H,10H2,1-4H3/t13-/m0/s1. The fourth-order valence-corrected chi connectivity index (χ4v) is 3.97. The molecule has 0 unspecified atom stereocenters. The summed E-state index contributed by atoms with van der Waals surface area (Å²) in [6.45, 7) is 7.77. The van der Waals surface area contributed by atoms with E-state index in [1.807, 2.05) is 26.0 Å². The van der Waals surface area contributed by atoms with Gasteiger partial charge in [0.2, 0.25) is 10.0 Å². The van der Waals surface area contributed by atoms with E-state index in [9.17, 15) is 8.42 Å². The summed E-state index contributed by atoms with van der Waals surface area (Å²) >= 11 is 0. The van der Waals surface area contributed by atoms with Crippen molar-refractivity contribution < 1.29 is 8.42 Å². The molecule has 1 heterocycles. The average Bonchev–Trinajstić information content (AvgIpc) is 2.75. The lowest BCUT2D eigenvalue weighted by Crippen LogP contribution is -2.36. The summed E-state index contributed by atoms with van der Waals surface area (Å²) < 4.78 is 29.5. The molecule has 0 aliphatic carbocycles. The zero-order valence-electron chi connectivity index (χ0n) is 13.7. The van der Waals surface area contributed by atoms with Gasteiger partial charge >= 0.3 is 0 Å². The number of hydrogen-bond acceptors (Lipinski definition) is 4. The van der Waals surface area contributed by atoms with Crippen molar-refractivity contribution in [3.05, 3.63) is 46.8 Å². The van der Waals surface area contributed by atoms with Crippen LogP contribution >= 0.6 is 0 Å². The van der Waals surface area contributed by atoms with Gasteiger partial charge < -0.3 is 0 Å². The van der Waals surface area contributed by atoms with Crippen molar-refractivity contribution in [2.45, 2.75) is 45.2 Å². The van der Waals surface area contributed by atoms with Gasteiger partial charge in [-0.3, -0.25) is 4.68 Å². The number of hydrogen-bond donors (Lipinski definition) is 1. The number of nitrogens with one attached hydrogen (secondary N) is 1. The van der Waals surface area contributed by atoms with Crippen LogP contribution in [0.3, 0.4) is 0 Å². The molecule has 0 amide bonds. The molecule has 0 bridgehead atoms. The number of nitriles is 1. The quantitative estimate of drug-likeness (QED) is 0.907. The molecule has 0 aliphatic heterocycles. The van der Waals surface area contributed by atoms with Gasteiger partial charge in [0.05, 0.1) is 28.8 Å². The Morgan fingerprint density at radius 3 is 2.52 bits per heavy atom. The average molecular weight is 332 g/mol. The Balaban J connectivity index is 2.18. The first-order chi connectivity index (χ1) is 10.7. The van der Waals surface area contributed by atoms with Crippen molar-refractivity contribution in [1.29, 1.82) is 5.26 Å². The maximum atomic E-state index is 12.5. The van der Waals surface area contributed by atoms with Crippen molar-refractivity contribution in [3.8, 4) is 6.07 Å². The molecule has 7 heteroatoms. The lowest BCUT2D eigenvalue weighted by atomic mass is 10.2. The third kappa shape index (κ3) is 3.97. The van der Waals surface area contributed by atoms with Gasteiger partial charge in [-0.15, -0.1) is 0 Å². The van der Waals surface area contributed by atoms with Crippen molar-refractivity contribution in [1.82, 2.24) is 14.5 Å². The first-order valence-electron chi connectivity index (χ1n) is 7.27. The fraction of sp³-hybridized carbons (Fsp3) is 0.375. The van der Waals surface area contributed by atoms with E-state index < -0.39 is 10.0 Å². The first kappa shape index (κ1) is 17.2. The van der Waals surface area contributed by atoms with Gasteiger partial charge in [-0.2, -0.15) is 10.4 Å². The van der Waals surface area contributed by atoms with Crippen molar-refractivity contribution in [2.24, 2.45) is 0 Å². The Morgan fingerprint density at radius 1 is 1.30 bits per heavy atom. The Labute approximate surface area is 136 Å². The molecular weight excluding hydrogens is 312 g/mol. The van der Waals surface area contributed by atoms with Gasteiger partial charge in [0.25, 0.3) is 0 Å². The number of sulfonamides is 1. The monoisotopic (exact) mass is 332 g/mol. The lowest BCUT2D eigenvalue weighted by Gasteiger charge is -2.16. The van der Waals surface area contributed by atoms with Crippen LogP contribution in [0.15, 0.2) is 29.2 Å². The molecule has 2 aromatic rings. The number of rotatable bonds is 5. The highest BCUT2D eigenvalue weighted by molar-refractivity contribution is 7.89. The molecule has 0 saturated heterocycles. The molecule has 0 radical (unpaired) electrons. The summed E-state index contributed by atoms with van der Waals surface area (Å²) in [6, 6.07) is 8.18. The number of aryl methyl sites for hydroxylation is 3. The molecule has 2 rings (SSSR count). The third-order valence-corrected chi connectivity index (χ3v) is 5.25. The molecule has 0 saturated carbocycles. The molecule has 6 nitrogen and oxygen atoms in total. The second-order valence-corrected chi connectivity index (χ2v) is 7.41. The molecule has 1 aromatic heterocycles. The Morgan fingerprint density at radius 2 is 2.00 bits per heavy atom. The molecular formula is C16H20N4O2S. The van der Waals surface area contributed by atoms with E-state index in [4.69, 9.17) is 5.26 Å². The molecule has 1 aromatic carbocycles. The van der Waals surface area contributed by atoms with Crippen molar-refractivity contribution >= 4 is 10.0 Å². The molecule has 0 fully saturated rings. The molecule has 1 atom stereocenters. The predicted octanol–water partition coefficient (Wildman–Crippen LogP) is 2.05.